The second kappa shape index (κ2) is 5.89. The van der Waals surface area contributed by atoms with Crippen molar-refractivity contribution in [2.75, 3.05) is 0 Å². The molecule has 0 radical (unpaired) electrons. The van der Waals surface area contributed by atoms with Gasteiger partial charge in [-0.1, -0.05) is 13.0 Å². The fraction of sp³-hybridized carbons (Fsp3) is 0.400. The third kappa shape index (κ3) is 3.64. The van der Waals surface area contributed by atoms with E-state index in [1.54, 1.807) is 18.5 Å². The smallest absolute Gasteiger partial charge is 0.327 e. The highest BCUT2D eigenvalue weighted by atomic mass is 19.4. The Morgan fingerprint density at radius 3 is 2.57 bits per heavy atom. The van der Waals surface area contributed by atoms with Crippen LogP contribution in [0.5, 0.6) is 0 Å². The Bertz CT molecular complexity index is 617. The van der Waals surface area contributed by atoms with Gasteiger partial charge in [-0.3, -0.25) is 0 Å². The van der Waals surface area contributed by atoms with Gasteiger partial charge in [0.1, 0.15) is 0 Å². The average Bonchev–Trinajstić information content (AvgIpc) is 2.84. The maximum atomic E-state index is 13.2. The Labute approximate surface area is 121 Å². The number of nitrogens with zero attached hydrogens (tertiary/aromatic N) is 2. The minimum absolute atomic E-state index is 0.212. The van der Waals surface area contributed by atoms with Crippen molar-refractivity contribution in [1.82, 2.24) is 9.78 Å². The van der Waals surface area contributed by atoms with E-state index in [-0.39, 0.29) is 18.0 Å². The predicted molar refractivity (Wildman–Crippen MR) is 75.3 cm³/mol. The molecule has 0 aliphatic heterocycles. The van der Waals surface area contributed by atoms with E-state index in [1.165, 1.54) is 10.7 Å². The number of rotatable bonds is 4. The summed E-state index contributed by atoms with van der Waals surface area (Å²) in [7, 11) is 0. The van der Waals surface area contributed by atoms with Gasteiger partial charge in [0.25, 0.3) is 0 Å². The molecule has 0 saturated carbocycles. The lowest BCUT2D eigenvalue weighted by molar-refractivity contribution is -0.138. The highest BCUT2D eigenvalue weighted by Gasteiger charge is 2.34. The second-order valence-corrected chi connectivity index (χ2v) is 5.17. The van der Waals surface area contributed by atoms with Crippen molar-refractivity contribution in [2.45, 2.75) is 38.9 Å². The fourth-order valence-electron chi connectivity index (χ4n) is 2.13. The molecule has 1 heterocycles. The van der Waals surface area contributed by atoms with Crippen molar-refractivity contribution < 1.29 is 13.2 Å². The number of aryl methyl sites for hydroxylation is 1. The Kier molecular flexibility index (Phi) is 4.37. The van der Waals surface area contributed by atoms with Crippen molar-refractivity contribution in [3.05, 3.63) is 47.3 Å². The zero-order chi connectivity index (χ0) is 15.6. The van der Waals surface area contributed by atoms with Crippen LogP contribution in [0.3, 0.4) is 0 Å². The summed E-state index contributed by atoms with van der Waals surface area (Å²) in [6, 6.07) is 3.98. The van der Waals surface area contributed by atoms with Crippen molar-refractivity contribution in [3.8, 4) is 5.69 Å². The zero-order valence-corrected chi connectivity index (χ0v) is 12.0. The van der Waals surface area contributed by atoms with Gasteiger partial charge in [-0.05, 0) is 43.0 Å². The molecule has 0 aliphatic rings. The molecule has 1 aromatic carbocycles. The molecule has 0 bridgehead atoms. The first-order valence-electron chi connectivity index (χ1n) is 6.78. The molecule has 0 aliphatic carbocycles. The second-order valence-electron chi connectivity index (χ2n) is 5.17. The van der Waals surface area contributed by atoms with Gasteiger partial charge in [0.05, 0.1) is 17.4 Å². The number of alkyl halides is 3. The summed E-state index contributed by atoms with van der Waals surface area (Å²) in [4.78, 5) is 0. The molecule has 2 N–H and O–H groups in total. The number of benzene rings is 1. The summed E-state index contributed by atoms with van der Waals surface area (Å²) >= 11 is 0. The minimum atomic E-state index is -4.40. The van der Waals surface area contributed by atoms with Crippen LogP contribution in [0, 0.1) is 6.92 Å². The van der Waals surface area contributed by atoms with Crippen LogP contribution in [0.2, 0.25) is 0 Å². The summed E-state index contributed by atoms with van der Waals surface area (Å²) in [6.45, 7) is 3.70. The predicted octanol–water partition coefficient (Wildman–Crippen LogP) is 3.48. The van der Waals surface area contributed by atoms with Crippen LogP contribution in [0.1, 0.15) is 30.0 Å². The van der Waals surface area contributed by atoms with Gasteiger partial charge in [-0.25, -0.2) is 4.68 Å². The number of aromatic nitrogens is 2. The lowest BCUT2D eigenvalue weighted by Crippen LogP contribution is -2.23. The molecule has 2 aromatic rings. The van der Waals surface area contributed by atoms with Crippen molar-refractivity contribution in [1.29, 1.82) is 0 Å². The molecule has 3 nitrogen and oxygen atoms in total. The molecule has 21 heavy (non-hydrogen) atoms. The van der Waals surface area contributed by atoms with Crippen LogP contribution in [0.4, 0.5) is 13.2 Å². The molecule has 0 amide bonds. The van der Waals surface area contributed by atoms with Gasteiger partial charge in [-0.15, -0.1) is 0 Å². The summed E-state index contributed by atoms with van der Waals surface area (Å²) in [6.07, 6.45) is -0.261. The van der Waals surface area contributed by atoms with Crippen LogP contribution in [0.25, 0.3) is 5.69 Å². The normalized spacial score (nSPS) is 13.4. The fourth-order valence-corrected chi connectivity index (χ4v) is 2.13. The van der Waals surface area contributed by atoms with Gasteiger partial charge < -0.3 is 5.73 Å². The molecular weight excluding hydrogens is 279 g/mol. The first-order chi connectivity index (χ1) is 9.81. The summed E-state index contributed by atoms with van der Waals surface area (Å²) in [5, 5.41) is 4.04. The number of hydrogen-bond acceptors (Lipinski definition) is 2. The zero-order valence-electron chi connectivity index (χ0n) is 12.0. The van der Waals surface area contributed by atoms with Crippen molar-refractivity contribution in [3.63, 3.8) is 0 Å². The first-order valence-corrected chi connectivity index (χ1v) is 6.78. The quantitative estimate of drug-likeness (QED) is 0.939. The van der Waals surface area contributed by atoms with Gasteiger partial charge in [0, 0.05) is 12.2 Å². The summed E-state index contributed by atoms with van der Waals surface area (Å²) in [5.74, 6) is 0. The van der Waals surface area contributed by atoms with E-state index in [4.69, 9.17) is 5.73 Å². The van der Waals surface area contributed by atoms with Gasteiger partial charge in [0.2, 0.25) is 0 Å². The van der Waals surface area contributed by atoms with Crippen LogP contribution < -0.4 is 5.73 Å². The lowest BCUT2D eigenvalue weighted by atomic mass is 9.98. The van der Waals surface area contributed by atoms with Crippen LogP contribution in [0.15, 0.2) is 30.6 Å². The first kappa shape index (κ1) is 15.6. The van der Waals surface area contributed by atoms with Gasteiger partial charge in [-0.2, -0.15) is 18.3 Å². The lowest BCUT2D eigenvalue weighted by Gasteiger charge is -2.17. The van der Waals surface area contributed by atoms with E-state index < -0.39 is 11.7 Å². The molecular formula is C15H18F3N3. The SMILES string of the molecule is CCC(N)Cc1ccc(-n2cc(C)cn2)cc1C(F)(F)F. The number of hydrogen-bond donors (Lipinski definition) is 1. The van der Waals surface area contributed by atoms with Crippen molar-refractivity contribution >= 4 is 0 Å². The topological polar surface area (TPSA) is 43.8 Å². The van der Waals surface area contributed by atoms with Crippen LogP contribution in [-0.2, 0) is 12.6 Å². The summed E-state index contributed by atoms with van der Waals surface area (Å²) in [5.41, 5.74) is 6.65. The molecule has 0 spiro atoms. The maximum absolute atomic E-state index is 13.2. The highest BCUT2D eigenvalue weighted by Crippen LogP contribution is 2.34. The van der Waals surface area contributed by atoms with Crippen LogP contribution in [-0.4, -0.2) is 15.8 Å². The standard InChI is InChI=1S/C15H18F3N3/c1-3-12(19)6-11-4-5-13(7-14(11)15(16,17)18)21-9-10(2)8-20-21/h4-5,7-9,12H,3,6,19H2,1-2H3. The van der Waals surface area contributed by atoms with Crippen LogP contribution >= 0.6 is 0 Å². The van der Waals surface area contributed by atoms with E-state index in [0.717, 1.165) is 11.6 Å². The highest BCUT2D eigenvalue weighted by molar-refractivity contribution is 5.42. The van der Waals surface area contributed by atoms with E-state index >= 15 is 0 Å². The third-order valence-electron chi connectivity index (χ3n) is 3.38. The number of halogens is 3. The van der Waals surface area contributed by atoms with Crippen molar-refractivity contribution in [2.24, 2.45) is 5.73 Å². The van der Waals surface area contributed by atoms with E-state index in [0.29, 0.717) is 12.1 Å². The van der Waals surface area contributed by atoms with E-state index in [9.17, 15) is 13.2 Å². The molecule has 6 heteroatoms. The Hall–Kier alpha value is -1.82. The molecule has 1 atom stereocenters. The maximum Gasteiger partial charge on any atom is 0.416 e. The molecule has 1 aromatic heterocycles. The van der Waals surface area contributed by atoms with Gasteiger partial charge >= 0.3 is 6.18 Å². The Morgan fingerprint density at radius 2 is 2.05 bits per heavy atom. The molecule has 1 unspecified atom stereocenters. The number of nitrogens with two attached hydrogens (primary N) is 1. The van der Waals surface area contributed by atoms with Gasteiger partial charge in [0.15, 0.2) is 0 Å². The minimum Gasteiger partial charge on any atom is -0.327 e. The molecule has 0 fully saturated rings. The average molecular weight is 297 g/mol. The molecule has 114 valence electrons. The monoisotopic (exact) mass is 297 g/mol. The third-order valence-corrected chi connectivity index (χ3v) is 3.38. The Balaban J connectivity index is 2.44. The van der Waals surface area contributed by atoms with E-state index in [2.05, 4.69) is 5.10 Å². The summed E-state index contributed by atoms with van der Waals surface area (Å²) < 4.78 is 41.1. The Morgan fingerprint density at radius 1 is 1.33 bits per heavy atom. The largest absolute Gasteiger partial charge is 0.416 e. The molecule has 0 saturated heterocycles. The van der Waals surface area contributed by atoms with E-state index in [1.807, 2.05) is 13.8 Å². The molecule has 2 rings (SSSR count).